The summed E-state index contributed by atoms with van der Waals surface area (Å²) in [6, 6.07) is 3.78. The second-order valence-corrected chi connectivity index (χ2v) is 6.38. The van der Waals surface area contributed by atoms with Crippen LogP contribution in [0, 0.1) is 3.95 Å². The van der Waals surface area contributed by atoms with Crippen molar-refractivity contribution in [2.75, 3.05) is 12.4 Å². The Labute approximate surface area is 124 Å². The molecule has 1 aromatic carbocycles. The van der Waals surface area contributed by atoms with Crippen LogP contribution in [0.5, 0.6) is 5.75 Å². The van der Waals surface area contributed by atoms with E-state index in [1.54, 1.807) is 7.11 Å². The molecule has 0 aliphatic carbocycles. The van der Waals surface area contributed by atoms with E-state index in [1.807, 2.05) is 12.1 Å². The van der Waals surface area contributed by atoms with E-state index in [2.05, 4.69) is 47.4 Å². The lowest BCUT2D eigenvalue weighted by molar-refractivity contribution is 0.412. The van der Waals surface area contributed by atoms with Crippen molar-refractivity contribution in [3.8, 4) is 5.75 Å². The fraction of sp³-hybridized carbons (Fsp3) is 0.111. The molecule has 2 N–H and O–H groups in total. The second-order valence-electron chi connectivity index (χ2n) is 3.01. The lowest BCUT2D eigenvalue weighted by Gasteiger charge is -2.09. The highest BCUT2D eigenvalue weighted by Crippen LogP contribution is 2.36. The molecule has 0 aliphatic heterocycles. The summed E-state index contributed by atoms with van der Waals surface area (Å²) in [4.78, 5) is 0. The number of nitrogens with zero attached hydrogens (tertiary/aromatic N) is 1. The van der Waals surface area contributed by atoms with Crippen LogP contribution in [0.1, 0.15) is 0 Å². The number of hydrogen-bond acceptors (Lipinski definition) is 5. The third-order valence-corrected chi connectivity index (χ3v) is 4.20. The maximum atomic E-state index is 5.23. The largest absolute Gasteiger partial charge is 0.495 e. The molecule has 2 aromatic rings. The first kappa shape index (κ1) is 13.0. The molecular weight excluding hydrogens is 390 g/mol. The Hall–Kier alpha value is -0.440. The van der Waals surface area contributed by atoms with E-state index in [4.69, 9.17) is 17.0 Å². The smallest absolute Gasteiger partial charge is 0.208 e. The summed E-state index contributed by atoms with van der Waals surface area (Å²) in [6.45, 7) is 0. The fourth-order valence-corrected chi connectivity index (χ4v) is 3.24. The first-order chi connectivity index (χ1) is 8.10. The zero-order valence-corrected chi connectivity index (χ0v) is 13.4. The summed E-state index contributed by atoms with van der Waals surface area (Å²) in [5.41, 5.74) is 0.864. The van der Waals surface area contributed by atoms with Gasteiger partial charge in [0.1, 0.15) is 5.75 Å². The first-order valence-corrected chi connectivity index (χ1v) is 7.27. The molecule has 0 amide bonds. The molecule has 0 saturated heterocycles. The molecule has 0 unspecified atom stereocenters. The number of aromatic nitrogens is 2. The van der Waals surface area contributed by atoms with Gasteiger partial charge in [-0.2, -0.15) is 0 Å². The highest BCUT2D eigenvalue weighted by molar-refractivity contribution is 9.11. The highest BCUT2D eigenvalue weighted by atomic mass is 79.9. The molecule has 0 radical (unpaired) electrons. The molecule has 0 atom stereocenters. The van der Waals surface area contributed by atoms with Gasteiger partial charge in [-0.15, -0.1) is 5.10 Å². The number of nitrogens with one attached hydrogen (secondary N) is 2. The summed E-state index contributed by atoms with van der Waals surface area (Å²) in [6.07, 6.45) is 0. The van der Waals surface area contributed by atoms with Crippen LogP contribution in [0.25, 0.3) is 0 Å². The van der Waals surface area contributed by atoms with Gasteiger partial charge in [0.15, 0.2) is 3.95 Å². The van der Waals surface area contributed by atoms with E-state index >= 15 is 0 Å². The quantitative estimate of drug-likeness (QED) is 0.751. The molecule has 90 valence electrons. The Morgan fingerprint density at radius 2 is 2.18 bits per heavy atom. The molecule has 1 heterocycles. The Morgan fingerprint density at radius 1 is 1.41 bits per heavy atom. The number of ether oxygens (including phenoxy) is 1. The average molecular weight is 397 g/mol. The van der Waals surface area contributed by atoms with Gasteiger partial charge in [-0.25, -0.2) is 0 Å². The Morgan fingerprint density at radius 3 is 2.76 bits per heavy atom. The monoisotopic (exact) mass is 395 g/mol. The minimum absolute atomic E-state index is 0.632. The van der Waals surface area contributed by atoms with Gasteiger partial charge in [-0.05, 0) is 50.1 Å². The lowest BCUT2D eigenvalue weighted by atomic mass is 10.3. The molecule has 0 fully saturated rings. The van der Waals surface area contributed by atoms with Crippen LogP contribution < -0.4 is 10.1 Å². The lowest BCUT2D eigenvalue weighted by Crippen LogP contribution is -1.93. The topological polar surface area (TPSA) is 49.9 Å². The summed E-state index contributed by atoms with van der Waals surface area (Å²) in [7, 11) is 1.62. The Balaban J connectivity index is 2.35. The maximum absolute atomic E-state index is 5.23. The van der Waals surface area contributed by atoms with E-state index in [1.165, 1.54) is 11.3 Å². The summed E-state index contributed by atoms with van der Waals surface area (Å²) < 4.78 is 7.65. The van der Waals surface area contributed by atoms with E-state index in [9.17, 15) is 0 Å². The number of rotatable bonds is 3. The van der Waals surface area contributed by atoms with Crippen LogP contribution in [0.4, 0.5) is 10.8 Å². The van der Waals surface area contributed by atoms with Crippen molar-refractivity contribution in [3.63, 3.8) is 0 Å². The summed E-state index contributed by atoms with van der Waals surface area (Å²) in [5, 5.41) is 10.6. The molecular formula is C9H7Br2N3OS2. The molecule has 0 saturated carbocycles. The fourth-order valence-electron chi connectivity index (χ4n) is 1.18. The Kier molecular flexibility index (Phi) is 4.18. The van der Waals surface area contributed by atoms with E-state index in [0.717, 1.165) is 20.4 Å². The molecule has 17 heavy (non-hydrogen) atoms. The van der Waals surface area contributed by atoms with Crippen LogP contribution in [-0.2, 0) is 0 Å². The van der Waals surface area contributed by atoms with Crippen molar-refractivity contribution in [1.29, 1.82) is 0 Å². The number of methoxy groups -OCH3 is 1. The first-order valence-electron chi connectivity index (χ1n) is 4.45. The zero-order chi connectivity index (χ0) is 12.4. The average Bonchev–Trinajstić information content (AvgIpc) is 2.68. The number of hydrogen-bond donors (Lipinski definition) is 2. The molecule has 0 bridgehead atoms. The van der Waals surface area contributed by atoms with Crippen LogP contribution >= 0.6 is 55.4 Å². The zero-order valence-electron chi connectivity index (χ0n) is 8.58. The van der Waals surface area contributed by atoms with Gasteiger partial charge in [-0.3, -0.25) is 5.10 Å². The molecule has 0 spiro atoms. The predicted octanol–water partition coefficient (Wildman–Crippen LogP) is 4.48. The van der Waals surface area contributed by atoms with Gasteiger partial charge in [0.2, 0.25) is 5.13 Å². The summed E-state index contributed by atoms with van der Waals surface area (Å²) in [5.74, 6) is 0.745. The standard InChI is InChI=1S/C9H7Br2N3OS2/c1-15-7-3-6(4(10)2-5(7)11)12-8-13-14-9(16)17-8/h2-3H,1H3,(H,12,13)(H,14,16). The van der Waals surface area contributed by atoms with Gasteiger partial charge < -0.3 is 10.1 Å². The molecule has 0 aliphatic rings. The van der Waals surface area contributed by atoms with Gasteiger partial charge in [-0.1, -0.05) is 11.3 Å². The van der Waals surface area contributed by atoms with Crippen LogP contribution in [0.2, 0.25) is 0 Å². The number of aromatic amines is 1. The van der Waals surface area contributed by atoms with Crippen molar-refractivity contribution in [2.45, 2.75) is 0 Å². The van der Waals surface area contributed by atoms with Crippen LogP contribution in [-0.4, -0.2) is 17.3 Å². The van der Waals surface area contributed by atoms with Crippen molar-refractivity contribution in [3.05, 3.63) is 25.0 Å². The van der Waals surface area contributed by atoms with Crippen molar-refractivity contribution in [2.24, 2.45) is 0 Å². The van der Waals surface area contributed by atoms with E-state index in [0.29, 0.717) is 9.09 Å². The minimum atomic E-state index is 0.632. The summed E-state index contributed by atoms with van der Waals surface area (Å²) >= 11 is 13.2. The van der Waals surface area contributed by atoms with Crippen LogP contribution in [0.15, 0.2) is 21.1 Å². The molecule has 1 aromatic heterocycles. The van der Waals surface area contributed by atoms with Crippen molar-refractivity contribution in [1.82, 2.24) is 10.2 Å². The van der Waals surface area contributed by atoms with Crippen LogP contribution in [0.3, 0.4) is 0 Å². The maximum Gasteiger partial charge on any atom is 0.208 e. The van der Waals surface area contributed by atoms with Gasteiger partial charge in [0.05, 0.1) is 17.3 Å². The van der Waals surface area contributed by atoms with Gasteiger partial charge in [0.25, 0.3) is 0 Å². The predicted molar refractivity (Wildman–Crippen MR) is 79.0 cm³/mol. The van der Waals surface area contributed by atoms with Crippen molar-refractivity contribution >= 4 is 66.2 Å². The highest BCUT2D eigenvalue weighted by Gasteiger charge is 2.08. The van der Waals surface area contributed by atoms with Gasteiger partial charge >= 0.3 is 0 Å². The molecule has 4 nitrogen and oxygen atoms in total. The SMILES string of the molecule is COc1cc(Nc2n[nH]c(=S)s2)c(Br)cc1Br. The third kappa shape index (κ3) is 3.06. The second kappa shape index (κ2) is 5.47. The minimum Gasteiger partial charge on any atom is -0.495 e. The van der Waals surface area contributed by atoms with E-state index < -0.39 is 0 Å². The molecule has 8 heteroatoms. The van der Waals surface area contributed by atoms with E-state index in [-0.39, 0.29) is 0 Å². The number of H-pyrrole nitrogens is 1. The number of halogens is 2. The van der Waals surface area contributed by atoms with Gasteiger partial charge in [0, 0.05) is 10.5 Å². The number of benzene rings is 1. The molecule has 2 rings (SSSR count). The Bertz CT molecular complexity index is 596. The van der Waals surface area contributed by atoms with Crippen molar-refractivity contribution < 1.29 is 4.74 Å². The third-order valence-electron chi connectivity index (χ3n) is 1.92. The number of anilines is 2. The normalized spacial score (nSPS) is 10.3.